The Morgan fingerprint density at radius 2 is 1.92 bits per heavy atom. The quantitative estimate of drug-likeness (QED) is 0.692. The topological polar surface area (TPSA) is 87.7 Å². The highest BCUT2D eigenvalue weighted by Gasteiger charge is 2.25. The van der Waals surface area contributed by atoms with E-state index >= 15 is 0 Å². The van der Waals surface area contributed by atoms with Gasteiger partial charge in [-0.3, -0.25) is 19.8 Å². The zero-order valence-electron chi connectivity index (χ0n) is 14.7. The maximum Gasteiger partial charge on any atom is 0.321 e. The van der Waals surface area contributed by atoms with Crippen LogP contribution in [0.2, 0.25) is 0 Å². The van der Waals surface area contributed by atoms with Crippen LogP contribution in [0.4, 0.5) is 4.79 Å². The predicted molar refractivity (Wildman–Crippen MR) is 92.6 cm³/mol. The van der Waals surface area contributed by atoms with Crippen LogP contribution in [0, 0.1) is 5.92 Å². The van der Waals surface area contributed by atoms with E-state index in [9.17, 15) is 14.4 Å². The summed E-state index contributed by atoms with van der Waals surface area (Å²) in [6.07, 6.45) is 1.91. The van der Waals surface area contributed by atoms with Crippen LogP contribution in [0.15, 0.2) is 30.3 Å². The molecule has 1 saturated carbocycles. The molecule has 1 aliphatic rings. The third-order valence-corrected chi connectivity index (χ3v) is 3.92. The second kappa shape index (κ2) is 9.17. The van der Waals surface area contributed by atoms with E-state index in [1.807, 2.05) is 35.2 Å². The summed E-state index contributed by atoms with van der Waals surface area (Å²) in [4.78, 5) is 37.3. The highest BCUT2D eigenvalue weighted by Crippen LogP contribution is 2.18. The molecular weight excluding hydrogens is 322 g/mol. The molecule has 1 fully saturated rings. The van der Waals surface area contributed by atoms with Crippen LogP contribution in [0.1, 0.15) is 25.3 Å². The summed E-state index contributed by atoms with van der Waals surface area (Å²) in [6, 6.07) is 9.38. The van der Waals surface area contributed by atoms with E-state index in [1.54, 1.807) is 6.92 Å². The SMILES string of the molecule is COC(=O)[C@H](C)CN(CC(=O)NC(=O)NC1CC1)Cc1ccccc1. The van der Waals surface area contributed by atoms with Crippen molar-refractivity contribution in [3.8, 4) is 0 Å². The molecule has 0 unspecified atom stereocenters. The molecule has 2 rings (SSSR count). The van der Waals surface area contributed by atoms with E-state index in [1.165, 1.54) is 7.11 Å². The number of rotatable bonds is 8. The van der Waals surface area contributed by atoms with Gasteiger partial charge in [0.05, 0.1) is 19.6 Å². The molecule has 1 atom stereocenters. The zero-order chi connectivity index (χ0) is 18.2. The maximum atomic E-state index is 12.1. The van der Waals surface area contributed by atoms with Gasteiger partial charge in [0, 0.05) is 19.1 Å². The molecule has 0 heterocycles. The fourth-order valence-electron chi connectivity index (χ4n) is 2.51. The molecule has 136 valence electrons. The lowest BCUT2D eigenvalue weighted by atomic mass is 10.1. The number of nitrogens with zero attached hydrogens (tertiary/aromatic N) is 1. The van der Waals surface area contributed by atoms with Crippen molar-refractivity contribution >= 4 is 17.9 Å². The van der Waals surface area contributed by atoms with Crippen LogP contribution in [0.5, 0.6) is 0 Å². The molecule has 1 aromatic rings. The number of amides is 3. The number of hydrogen-bond acceptors (Lipinski definition) is 5. The predicted octanol–water partition coefficient (Wildman–Crippen LogP) is 1.29. The van der Waals surface area contributed by atoms with E-state index in [-0.39, 0.29) is 24.5 Å². The van der Waals surface area contributed by atoms with Crippen LogP contribution in [-0.2, 0) is 20.9 Å². The minimum atomic E-state index is -0.465. The van der Waals surface area contributed by atoms with Crippen LogP contribution in [0.3, 0.4) is 0 Å². The van der Waals surface area contributed by atoms with Crippen molar-refractivity contribution in [3.63, 3.8) is 0 Å². The Hall–Kier alpha value is -2.41. The van der Waals surface area contributed by atoms with E-state index in [0.29, 0.717) is 13.1 Å². The fourth-order valence-corrected chi connectivity index (χ4v) is 2.51. The second-order valence-electron chi connectivity index (χ2n) is 6.38. The van der Waals surface area contributed by atoms with Gasteiger partial charge in [0.25, 0.3) is 0 Å². The minimum Gasteiger partial charge on any atom is -0.469 e. The van der Waals surface area contributed by atoms with E-state index in [0.717, 1.165) is 18.4 Å². The van der Waals surface area contributed by atoms with E-state index in [2.05, 4.69) is 10.6 Å². The molecule has 2 N–H and O–H groups in total. The van der Waals surface area contributed by atoms with Crippen molar-refractivity contribution in [1.29, 1.82) is 0 Å². The molecule has 0 radical (unpaired) electrons. The zero-order valence-corrected chi connectivity index (χ0v) is 14.7. The Balaban J connectivity index is 1.93. The summed E-state index contributed by atoms with van der Waals surface area (Å²) in [5, 5.41) is 5.05. The maximum absolute atomic E-state index is 12.1. The molecule has 0 spiro atoms. The van der Waals surface area contributed by atoms with Crippen LogP contribution in [0.25, 0.3) is 0 Å². The molecule has 0 saturated heterocycles. The first-order valence-corrected chi connectivity index (χ1v) is 8.42. The summed E-state index contributed by atoms with van der Waals surface area (Å²) in [5.74, 6) is -1.10. The van der Waals surface area contributed by atoms with Crippen LogP contribution < -0.4 is 10.6 Å². The van der Waals surface area contributed by atoms with Gasteiger partial charge in [0.1, 0.15) is 0 Å². The number of ether oxygens (including phenoxy) is 1. The lowest BCUT2D eigenvalue weighted by molar-refractivity contribution is -0.145. The van der Waals surface area contributed by atoms with Crippen molar-refractivity contribution in [2.45, 2.75) is 32.4 Å². The number of carbonyl (C=O) groups is 3. The summed E-state index contributed by atoms with van der Waals surface area (Å²) in [7, 11) is 1.34. The number of methoxy groups -OCH3 is 1. The number of hydrogen-bond donors (Lipinski definition) is 2. The Bertz CT molecular complexity index is 602. The number of urea groups is 1. The van der Waals surface area contributed by atoms with E-state index < -0.39 is 11.9 Å². The van der Waals surface area contributed by atoms with Gasteiger partial charge in [-0.1, -0.05) is 37.3 Å². The highest BCUT2D eigenvalue weighted by molar-refractivity contribution is 5.95. The second-order valence-corrected chi connectivity index (χ2v) is 6.38. The van der Waals surface area contributed by atoms with Gasteiger partial charge >= 0.3 is 12.0 Å². The minimum absolute atomic E-state index is 0.0221. The number of carbonyl (C=O) groups excluding carboxylic acids is 3. The largest absolute Gasteiger partial charge is 0.469 e. The molecule has 0 bridgehead atoms. The molecule has 0 aliphatic heterocycles. The molecule has 7 heteroatoms. The van der Waals surface area contributed by atoms with Crippen molar-refractivity contribution in [2.24, 2.45) is 5.92 Å². The smallest absolute Gasteiger partial charge is 0.321 e. The first-order valence-electron chi connectivity index (χ1n) is 8.42. The first kappa shape index (κ1) is 18.9. The average Bonchev–Trinajstić information content (AvgIpc) is 3.38. The highest BCUT2D eigenvalue weighted by atomic mass is 16.5. The lowest BCUT2D eigenvalue weighted by Gasteiger charge is -2.24. The Kier molecular flexibility index (Phi) is 6.94. The molecule has 25 heavy (non-hydrogen) atoms. The van der Waals surface area contributed by atoms with E-state index in [4.69, 9.17) is 4.74 Å². The summed E-state index contributed by atoms with van der Waals surface area (Å²) in [5.41, 5.74) is 1.02. The molecule has 1 aromatic carbocycles. The van der Waals surface area contributed by atoms with Gasteiger partial charge in [0.15, 0.2) is 0 Å². The fraction of sp³-hybridized carbons (Fsp3) is 0.500. The number of benzene rings is 1. The summed E-state index contributed by atoms with van der Waals surface area (Å²) < 4.78 is 4.75. The van der Waals surface area contributed by atoms with Gasteiger partial charge < -0.3 is 10.1 Å². The van der Waals surface area contributed by atoms with Crippen molar-refractivity contribution in [1.82, 2.24) is 15.5 Å². The Morgan fingerprint density at radius 3 is 2.52 bits per heavy atom. The third-order valence-electron chi connectivity index (χ3n) is 3.92. The molecule has 0 aromatic heterocycles. The molecular formula is C18H25N3O4. The molecule has 1 aliphatic carbocycles. The first-order chi connectivity index (χ1) is 12.0. The molecule has 3 amide bonds. The van der Waals surface area contributed by atoms with Gasteiger partial charge in [-0.05, 0) is 18.4 Å². The average molecular weight is 347 g/mol. The summed E-state index contributed by atoms with van der Waals surface area (Å²) >= 11 is 0. The molecule has 7 nitrogen and oxygen atoms in total. The normalized spacial score (nSPS) is 14.7. The van der Waals surface area contributed by atoms with Crippen molar-refractivity contribution in [2.75, 3.05) is 20.2 Å². The van der Waals surface area contributed by atoms with Gasteiger partial charge in [-0.15, -0.1) is 0 Å². The number of imide groups is 1. The van der Waals surface area contributed by atoms with Crippen LogP contribution >= 0.6 is 0 Å². The standard InChI is InChI=1S/C18H25N3O4/c1-13(17(23)25-2)10-21(11-14-6-4-3-5-7-14)12-16(22)20-18(24)19-15-8-9-15/h3-7,13,15H,8-12H2,1-2H3,(H2,19,20,22,24)/t13-/m1/s1. The monoisotopic (exact) mass is 347 g/mol. The summed E-state index contributed by atoms with van der Waals surface area (Å²) in [6.45, 7) is 2.63. The van der Waals surface area contributed by atoms with Gasteiger partial charge in [0.2, 0.25) is 5.91 Å². The van der Waals surface area contributed by atoms with Crippen molar-refractivity contribution in [3.05, 3.63) is 35.9 Å². The van der Waals surface area contributed by atoms with Gasteiger partial charge in [-0.2, -0.15) is 0 Å². The number of esters is 1. The Labute approximate surface area is 147 Å². The Morgan fingerprint density at radius 1 is 1.24 bits per heavy atom. The van der Waals surface area contributed by atoms with Crippen LogP contribution in [-0.4, -0.2) is 49.0 Å². The van der Waals surface area contributed by atoms with Gasteiger partial charge in [-0.25, -0.2) is 4.79 Å². The lowest BCUT2D eigenvalue weighted by Crippen LogP contribution is -2.46. The number of nitrogens with one attached hydrogen (secondary N) is 2. The third kappa shape index (κ3) is 6.93. The van der Waals surface area contributed by atoms with Crippen molar-refractivity contribution < 1.29 is 19.1 Å².